The number of halogens is 4. The Morgan fingerprint density at radius 3 is 2.64 bits per heavy atom. The summed E-state index contributed by atoms with van der Waals surface area (Å²) in [6.07, 6.45) is -1.45. The highest BCUT2D eigenvalue weighted by atomic mass is 35.6. The van der Waals surface area contributed by atoms with E-state index in [2.05, 4.69) is 10.6 Å². The summed E-state index contributed by atoms with van der Waals surface area (Å²) >= 11 is 18.1. The van der Waals surface area contributed by atoms with Crippen LogP contribution in [0.1, 0.15) is 13.8 Å². The number of piperazine rings is 1. The topological polar surface area (TPSA) is 94.2 Å². The normalized spacial score (nSPS) is 22.7. The van der Waals surface area contributed by atoms with Gasteiger partial charge in [-0.3, -0.25) is 19.4 Å². The Kier molecular flexibility index (Phi) is 8.15. The van der Waals surface area contributed by atoms with Gasteiger partial charge in [-0.05, 0) is 25.1 Å². The standard InChI is InChI=1S/C20H25Cl3FN5O4/c1-12-9-27(5-6-28(12)18(26-11-30)20(21,22)23)17-4-3-14(7-16(17)24)29-10-15(33-19(29)32)8-25-13(2)31/h3-4,7,11-12,15,18H,5-6,8-10H2,1-2H3,(H,25,31)(H,26,30)/t12?,15-,18?/m0/s1. The SMILES string of the molecule is CC(=O)NC[C@H]1CN(c2ccc(N3CCN(C(NC=O)C(Cl)(Cl)Cl)C(C)C3)c(F)c2)C(=O)O1. The summed E-state index contributed by atoms with van der Waals surface area (Å²) in [5.41, 5.74) is 0.742. The molecule has 3 atom stereocenters. The number of hydrogen-bond donors (Lipinski definition) is 2. The molecule has 9 nitrogen and oxygen atoms in total. The van der Waals surface area contributed by atoms with Gasteiger partial charge in [-0.15, -0.1) is 0 Å². The number of benzene rings is 1. The highest BCUT2D eigenvalue weighted by Crippen LogP contribution is 2.35. The average molecular weight is 525 g/mol. The van der Waals surface area contributed by atoms with Crippen molar-refractivity contribution in [3.63, 3.8) is 0 Å². The highest BCUT2D eigenvalue weighted by Gasteiger charge is 2.41. The van der Waals surface area contributed by atoms with Crippen LogP contribution < -0.4 is 20.4 Å². The van der Waals surface area contributed by atoms with Crippen LogP contribution in [0.3, 0.4) is 0 Å². The maximum atomic E-state index is 15.0. The Morgan fingerprint density at radius 2 is 2.06 bits per heavy atom. The second-order valence-corrected chi connectivity index (χ2v) is 10.3. The zero-order valence-electron chi connectivity index (χ0n) is 18.1. The number of alkyl halides is 3. The summed E-state index contributed by atoms with van der Waals surface area (Å²) in [4.78, 5) is 39.3. The summed E-state index contributed by atoms with van der Waals surface area (Å²) in [6.45, 7) is 4.94. The van der Waals surface area contributed by atoms with Crippen LogP contribution in [-0.2, 0) is 14.3 Å². The lowest BCUT2D eigenvalue weighted by Crippen LogP contribution is -2.63. The minimum atomic E-state index is -1.73. The van der Waals surface area contributed by atoms with Crippen LogP contribution in [0.5, 0.6) is 0 Å². The van der Waals surface area contributed by atoms with Gasteiger partial charge in [0.15, 0.2) is 0 Å². The second-order valence-electron chi connectivity index (χ2n) is 7.95. The highest BCUT2D eigenvalue weighted by molar-refractivity contribution is 6.68. The Hall–Kier alpha value is -2.01. The number of amides is 3. The summed E-state index contributed by atoms with van der Waals surface area (Å²) in [6, 6.07) is 4.38. The second kappa shape index (κ2) is 10.5. The predicted octanol–water partition coefficient (Wildman–Crippen LogP) is 2.24. The Balaban J connectivity index is 1.68. The van der Waals surface area contributed by atoms with Gasteiger partial charge in [-0.25, -0.2) is 9.18 Å². The van der Waals surface area contributed by atoms with E-state index in [4.69, 9.17) is 39.5 Å². The van der Waals surface area contributed by atoms with E-state index < -0.39 is 28.0 Å². The first kappa shape index (κ1) is 25.6. The lowest BCUT2D eigenvalue weighted by molar-refractivity contribution is -0.119. The molecule has 13 heteroatoms. The first-order valence-corrected chi connectivity index (χ1v) is 11.4. The van der Waals surface area contributed by atoms with Crippen molar-refractivity contribution in [3.05, 3.63) is 24.0 Å². The van der Waals surface area contributed by atoms with Gasteiger partial charge in [0.25, 0.3) is 0 Å². The summed E-state index contributed by atoms with van der Waals surface area (Å²) in [5.74, 6) is -0.716. The third kappa shape index (κ3) is 6.11. The maximum Gasteiger partial charge on any atom is 0.414 e. The molecule has 0 aromatic heterocycles. The van der Waals surface area contributed by atoms with Gasteiger partial charge < -0.3 is 20.3 Å². The largest absolute Gasteiger partial charge is 0.442 e. The number of carbonyl (C=O) groups is 3. The first-order valence-electron chi connectivity index (χ1n) is 10.3. The van der Waals surface area contributed by atoms with Crippen molar-refractivity contribution in [3.8, 4) is 0 Å². The third-order valence-electron chi connectivity index (χ3n) is 5.58. The van der Waals surface area contributed by atoms with E-state index in [0.717, 1.165) is 0 Å². The fourth-order valence-electron chi connectivity index (χ4n) is 4.03. The number of nitrogens with zero attached hydrogens (tertiary/aromatic N) is 3. The van der Waals surface area contributed by atoms with Crippen LogP contribution >= 0.6 is 34.8 Å². The summed E-state index contributed by atoms with van der Waals surface area (Å²) in [5, 5.41) is 5.13. The van der Waals surface area contributed by atoms with Gasteiger partial charge in [0.2, 0.25) is 16.1 Å². The molecule has 0 spiro atoms. The number of hydrogen-bond acceptors (Lipinski definition) is 6. The third-order valence-corrected chi connectivity index (χ3v) is 6.20. The Morgan fingerprint density at radius 1 is 1.33 bits per heavy atom. The Labute approximate surface area is 206 Å². The van der Waals surface area contributed by atoms with Crippen LogP contribution in [-0.4, -0.2) is 78.1 Å². The molecule has 2 aliphatic heterocycles. The molecule has 2 heterocycles. The molecule has 0 radical (unpaired) electrons. The van der Waals surface area contributed by atoms with E-state index in [-0.39, 0.29) is 25.0 Å². The summed E-state index contributed by atoms with van der Waals surface area (Å²) in [7, 11) is 0. The molecule has 2 saturated heterocycles. The van der Waals surface area contributed by atoms with Gasteiger partial charge in [0.1, 0.15) is 18.1 Å². The Bertz CT molecular complexity index is 903. The van der Waals surface area contributed by atoms with Gasteiger partial charge in [-0.1, -0.05) is 34.8 Å². The van der Waals surface area contributed by atoms with Crippen LogP contribution in [0.2, 0.25) is 0 Å². The molecule has 2 unspecified atom stereocenters. The predicted molar refractivity (Wildman–Crippen MR) is 124 cm³/mol. The van der Waals surface area contributed by atoms with Crippen molar-refractivity contribution in [2.24, 2.45) is 0 Å². The molecular formula is C20H25Cl3FN5O4. The molecule has 33 heavy (non-hydrogen) atoms. The lowest BCUT2D eigenvalue weighted by Gasteiger charge is -2.46. The monoisotopic (exact) mass is 523 g/mol. The van der Waals surface area contributed by atoms with E-state index in [9.17, 15) is 14.4 Å². The van der Waals surface area contributed by atoms with Crippen LogP contribution in [0, 0.1) is 5.82 Å². The molecule has 0 aliphatic carbocycles. The number of nitrogens with one attached hydrogen (secondary N) is 2. The van der Waals surface area contributed by atoms with E-state index in [1.54, 1.807) is 12.1 Å². The van der Waals surface area contributed by atoms with Crippen molar-refractivity contribution in [2.45, 2.75) is 36.0 Å². The van der Waals surface area contributed by atoms with E-state index >= 15 is 4.39 Å². The molecule has 2 aliphatic rings. The molecule has 0 bridgehead atoms. The van der Waals surface area contributed by atoms with Crippen LogP contribution in [0.4, 0.5) is 20.6 Å². The number of carbonyl (C=O) groups excluding carboxylic acids is 3. The minimum absolute atomic E-state index is 0.158. The van der Waals surface area contributed by atoms with Crippen molar-refractivity contribution in [1.82, 2.24) is 15.5 Å². The number of anilines is 2. The van der Waals surface area contributed by atoms with Crippen molar-refractivity contribution in [2.75, 3.05) is 42.5 Å². The molecular weight excluding hydrogens is 500 g/mol. The summed E-state index contributed by atoms with van der Waals surface area (Å²) < 4.78 is 18.5. The van der Waals surface area contributed by atoms with Gasteiger partial charge in [0.05, 0.1) is 24.5 Å². The van der Waals surface area contributed by atoms with Gasteiger partial charge in [0, 0.05) is 32.6 Å². The van der Waals surface area contributed by atoms with Gasteiger partial charge in [-0.2, -0.15) is 0 Å². The fraction of sp³-hybridized carbons (Fsp3) is 0.550. The van der Waals surface area contributed by atoms with E-state index in [1.807, 2.05) is 16.7 Å². The minimum Gasteiger partial charge on any atom is -0.442 e. The van der Waals surface area contributed by atoms with Crippen LogP contribution in [0.15, 0.2) is 18.2 Å². The first-order chi connectivity index (χ1) is 15.5. The number of cyclic esters (lactones) is 1. The van der Waals surface area contributed by atoms with E-state index in [1.165, 1.54) is 17.9 Å². The molecule has 3 rings (SSSR count). The zero-order valence-corrected chi connectivity index (χ0v) is 20.3. The average Bonchev–Trinajstić information content (AvgIpc) is 3.10. The van der Waals surface area contributed by atoms with Crippen molar-refractivity contribution >= 4 is 64.6 Å². The van der Waals surface area contributed by atoms with E-state index in [0.29, 0.717) is 37.4 Å². The molecule has 0 saturated carbocycles. The van der Waals surface area contributed by atoms with Crippen molar-refractivity contribution in [1.29, 1.82) is 0 Å². The maximum absolute atomic E-state index is 15.0. The smallest absolute Gasteiger partial charge is 0.414 e. The quantitative estimate of drug-likeness (QED) is 0.420. The molecule has 2 fully saturated rings. The molecule has 1 aromatic rings. The zero-order chi connectivity index (χ0) is 24.3. The van der Waals surface area contributed by atoms with Gasteiger partial charge >= 0.3 is 6.09 Å². The lowest BCUT2D eigenvalue weighted by atomic mass is 10.1. The molecule has 182 valence electrons. The number of rotatable bonds is 7. The fourth-order valence-corrected chi connectivity index (χ4v) is 4.60. The van der Waals surface area contributed by atoms with Crippen molar-refractivity contribution < 1.29 is 23.5 Å². The molecule has 1 aromatic carbocycles. The molecule has 2 N–H and O–H groups in total. The number of ether oxygens (including phenoxy) is 1. The van der Waals surface area contributed by atoms with Crippen LogP contribution in [0.25, 0.3) is 0 Å². The molecule has 3 amide bonds.